The van der Waals surface area contributed by atoms with Gasteiger partial charge in [-0.1, -0.05) is 36.7 Å². The first-order chi connectivity index (χ1) is 21.0. The number of hydrogen-bond donors (Lipinski definition) is 2. The summed E-state index contributed by atoms with van der Waals surface area (Å²) >= 11 is 7.18. The number of nitrogens with zero attached hydrogens (tertiary/aromatic N) is 6. The molecule has 2 bridgehead atoms. The number of piperazine rings is 2. The van der Waals surface area contributed by atoms with Crippen molar-refractivity contribution in [2.75, 3.05) is 69.6 Å². The molecule has 43 heavy (non-hydrogen) atoms. The van der Waals surface area contributed by atoms with E-state index in [2.05, 4.69) is 31.9 Å². The number of ether oxygens (including phenoxy) is 1. The number of benzene rings is 2. The minimum atomic E-state index is -0.233. The number of halogens is 1. The molecule has 4 aliphatic rings. The second kappa shape index (κ2) is 10.6. The molecular weight excluding hydrogens is 564 g/mol. The molecule has 0 saturated carbocycles. The van der Waals surface area contributed by atoms with E-state index < -0.39 is 0 Å². The summed E-state index contributed by atoms with van der Waals surface area (Å²) in [7, 11) is 0. The minimum absolute atomic E-state index is 0.160. The average Bonchev–Trinajstić information content (AvgIpc) is 3.36. The number of aromatic nitrogens is 3. The predicted octanol–water partition coefficient (Wildman–Crippen LogP) is 3.36. The molecule has 3 saturated heterocycles. The predicted molar refractivity (Wildman–Crippen MR) is 171 cm³/mol. The van der Waals surface area contributed by atoms with Crippen molar-refractivity contribution in [3.63, 3.8) is 0 Å². The van der Waals surface area contributed by atoms with E-state index in [0.717, 1.165) is 98.1 Å². The lowest BCUT2D eigenvalue weighted by atomic mass is 9.97. The molecular formula is C32H37ClN8O2. The summed E-state index contributed by atoms with van der Waals surface area (Å²) in [5, 5.41) is 6.05. The maximum atomic E-state index is 14.1. The Morgan fingerprint density at radius 2 is 1.81 bits per heavy atom. The zero-order valence-electron chi connectivity index (χ0n) is 24.4. The number of nitrogens with one attached hydrogen (secondary N) is 1. The van der Waals surface area contributed by atoms with Crippen LogP contribution >= 0.6 is 11.6 Å². The van der Waals surface area contributed by atoms with Crippen molar-refractivity contribution in [2.45, 2.75) is 37.9 Å². The van der Waals surface area contributed by atoms with Crippen molar-refractivity contribution in [1.29, 1.82) is 0 Å². The van der Waals surface area contributed by atoms with Crippen LogP contribution in [0.1, 0.15) is 25.8 Å². The number of fused-ring (bicyclic) bond motifs is 3. The van der Waals surface area contributed by atoms with Crippen LogP contribution in [0.2, 0.25) is 5.02 Å². The van der Waals surface area contributed by atoms with E-state index in [0.29, 0.717) is 41.1 Å². The van der Waals surface area contributed by atoms with Crippen molar-refractivity contribution in [3.05, 3.63) is 51.9 Å². The molecule has 11 heteroatoms. The van der Waals surface area contributed by atoms with E-state index in [9.17, 15) is 4.79 Å². The summed E-state index contributed by atoms with van der Waals surface area (Å²) in [6.45, 7) is 10.00. The van der Waals surface area contributed by atoms with Gasteiger partial charge < -0.3 is 25.6 Å². The standard InChI is InChI=1S/C32H37ClN8O2/c1-2-38-10-12-39(13-11-38)17-22-18-43-30-27(23-5-3-4-19-6-9-26(34)36-28(19)23)25(33)14-24-29(30)41(22)32(42)37-31(24)40-15-20-7-8-21(16-40)35-20/h3-6,9,14,20-22,35H,2,7-8,10-13,15-18H2,1H3,(H2,34,36)/t20?,21?,22-/m0/s1. The third-order valence-corrected chi connectivity index (χ3v) is 10.1. The Labute approximate surface area is 255 Å². The first-order valence-electron chi connectivity index (χ1n) is 15.5. The summed E-state index contributed by atoms with van der Waals surface area (Å²) in [5.41, 5.74) is 8.99. The SMILES string of the molecule is CCN1CCN(C[C@H]2COc3c(-c4cccc5ccc(N)nc45)c(Cl)cc4c(N5CC6CCC(C5)N6)nc(=O)n2c34)CC1. The van der Waals surface area contributed by atoms with Crippen LogP contribution in [0.4, 0.5) is 11.6 Å². The third kappa shape index (κ3) is 4.63. The highest BCUT2D eigenvalue weighted by Gasteiger charge is 2.37. The summed E-state index contributed by atoms with van der Waals surface area (Å²) in [6, 6.07) is 12.4. The zero-order valence-corrected chi connectivity index (χ0v) is 25.2. The Kier molecular flexibility index (Phi) is 6.70. The van der Waals surface area contributed by atoms with Gasteiger partial charge in [0, 0.05) is 79.8 Å². The molecule has 4 aliphatic heterocycles. The van der Waals surface area contributed by atoms with Gasteiger partial charge >= 0.3 is 5.69 Å². The Bertz CT molecular complexity index is 1770. The first kappa shape index (κ1) is 27.1. The van der Waals surface area contributed by atoms with E-state index in [-0.39, 0.29) is 11.7 Å². The van der Waals surface area contributed by atoms with E-state index in [1.54, 1.807) is 6.07 Å². The van der Waals surface area contributed by atoms with Gasteiger partial charge in [-0.2, -0.15) is 4.98 Å². The van der Waals surface area contributed by atoms with Crippen LogP contribution in [0.25, 0.3) is 32.9 Å². The van der Waals surface area contributed by atoms with Gasteiger partial charge in [0.15, 0.2) is 5.75 Å². The molecule has 2 unspecified atom stereocenters. The zero-order chi connectivity index (χ0) is 29.2. The van der Waals surface area contributed by atoms with Crippen LogP contribution in [0, 0.1) is 0 Å². The Balaban J connectivity index is 1.32. The van der Waals surface area contributed by atoms with Crippen LogP contribution in [-0.2, 0) is 0 Å². The fraction of sp³-hybridized carbons (Fsp3) is 0.469. The molecule has 0 amide bonds. The van der Waals surface area contributed by atoms with Gasteiger partial charge in [-0.3, -0.25) is 9.47 Å². The molecule has 4 aromatic rings. The summed E-state index contributed by atoms with van der Waals surface area (Å²) in [4.78, 5) is 30.7. The number of nitrogens with two attached hydrogens (primary N) is 1. The molecule has 224 valence electrons. The molecule has 10 nitrogen and oxygen atoms in total. The number of hydrogen-bond acceptors (Lipinski definition) is 9. The Hall–Kier alpha value is -3.44. The first-order valence-corrected chi connectivity index (χ1v) is 15.9. The number of para-hydroxylation sites is 1. The highest BCUT2D eigenvalue weighted by molar-refractivity contribution is 6.35. The quantitative estimate of drug-likeness (QED) is 0.357. The number of nitrogen functional groups attached to an aromatic ring is 1. The maximum absolute atomic E-state index is 14.1. The summed E-state index contributed by atoms with van der Waals surface area (Å²) in [6.07, 6.45) is 2.28. The molecule has 2 aromatic heterocycles. The normalized spacial score (nSPS) is 24.1. The van der Waals surface area contributed by atoms with Crippen molar-refractivity contribution in [2.24, 2.45) is 0 Å². The number of anilines is 2. The van der Waals surface area contributed by atoms with Crippen LogP contribution in [0.3, 0.4) is 0 Å². The molecule has 0 aliphatic carbocycles. The van der Waals surface area contributed by atoms with Crippen LogP contribution in [0.15, 0.2) is 41.2 Å². The number of rotatable bonds is 5. The number of pyridine rings is 1. The van der Waals surface area contributed by atoms with Gasteiger partial charge in [0.2, 0.25) is 0 Å². The molecule has 6 heterocycles. The molecule has 2 aromatic carbocycles. The van der Waals surface area contributed by atoms with Gasteiger partial charge in [-0.15, -0.1) is 0 Å². The van der Waals surface area contributed by atoms with Gasteiger partial charge in [-0.25, -0.2) is 9.78 Å². The number of likely N-dealkylation sites (N-methyl/N-ethyl adjacent to an activating group) is 1. The summed E-state index contributed by atoms with van der Waals surface area (Å²) in [5.74, 6) is 1.75. The fourth-order valence-corrected chi connectivity index (χ4v) is 7.90. The van der Waals surface area contributed by atoms with E-state index >= 15 is 0 Å². The van der Waals surface area contributed by atoms with Gasteiger partial charge in [0.25, 0.3) is 0 Å². The van der Waals surface area contributed by atoms with Crippen molar-refractivity contribution in [1.82, 2.24) is 29.7 Å². The topological polar surface area (TPSA) is 105 Å². The molecule has 3 fully saturated rings. The summed E-state index contributed by atoms with van der Waals surface area (Å²) < 4.78 is 8.57. The average molecular weight is 601 g/mol. The lowest BCUT2D eigenvalue weighted by Crippen LogP contribution is -2.52. The van der Waals surface area contributed by atoms with Crippen LogP contribution < -0.4 is 26.4 Å². The minimum Gasteiger partial charge on any atom is -0.488 e. The van der Waals surface area contributed by atoms with Gasteiger partial charge in [-0.05, 0) is 37.6 Å². The van der Waals surface area contributed by atoms with Gasteiger partial charge in [0.1, 0.15) is 18.2 Å². The fourth-order valence-electron chi connectivity index (χ4n) is 7.61. The Morgan fingerprint density at radius 1 is 1.05 bits per heavy atom. The smallest absolute Gasteiger partial charge is 0.350 e. The monoisotopic (exact) mass is 600 g/mol. The second-order valence-corrected chi connectivity index (χ2v) is 12.8. The van der Waals surface area contributed by atoms with E-state index in [1.165, 1.54) is 0 Å². The van der Waals surface area contributed by atoms with Crippen LogP contribution in [0.5, 0.6) is 5.75 Å². The molecule has 0 spiro atoms. The molecule has 0 radical (unpaired) electrons. The Morgan fingerprint density at radius 3 is 2.58 bits per heavy atom. The second-order valence-electron chi connectivity index (χ2n) is 12.4. The van der Waals surface area contributed by atoms with Crippen LogP contribution in [-0.4, -0.2) is 95.4 Å². The molecule has 3 N–H and O–H groups in total. The third-order valence-electron chi connectivity index (χ3n) is 9.79. The highest BCUT2D eigenvalue weighted by Crippen LogP contribution is 2.48. The lowest BCUT2D eigenvalue weighted by Gasteiger charge is -2.39. The van der Waals surface area contributed by atoms with E-state index in [1.807, 2.05) is 34.9 Å². The van der Waals surface area contributed by atoms with Gasteiger partial charge in [0.05, 0.1) is 22.1 Å². The molecule has 8 rings (SSSR count). The largest absolute Gasteiger partial charge is 0.488 e. The van der Waals surface area contributed by atoms with Crippen molar-refractivity contribution in [3.8, 4) is 16.9 Å². The lowest BCUT2D eigenvalue weighted by molar-refractivity contribution is 0.106. The van der Waals surface area contributed by atoms with Crippen molar-refractivity contribution >= 4 is 45.0 Å². The molecule has 3 atom stereocenters. The maximum Gasteiger partial charge on any atom is 0.350 e. The highest BCUT2D eigenvalue weighted by atomic mass is 35.5. The van der Waals surface area contributed by atoms with E-state index in [4.69, 9.17) is 27.1 Å². The van der Waals surface area contributed by atoms with Crippen molar-refractivity contribution < 1.29 is 4.74 Å².